The summed E-state index contributed by atoms with van der Waals surface area (Å²) in [5.41, 5.74) is 1.99. The van der Waals surface area contributed by atoms with E-state index in [1.165, 1.54) is 12.1 Å². The number of aromatic nitrogens is 1. The van der Waals surface area contributed by atoms with Crippen LogP contribution in [0.4, 0.5) is 4.39 Å². The highest BCUT2D eigenvalue weighted by molar-refractivity contribution is 9.10. The normalized spacial score (nSPS) is 12.7. The van der Waals surface area contributed by atoms with Gasteiger partial charge in [-0.2, -0.15) is 0 Å². The molecule has 0 aliphatic rings. The van der Waals surface area contributed by atoms with Crippen molar-refractivity contribution in [3.05, 3.63) is 50.1 Å². The van der Waals surface area contributed by atoms with Crippen molar-refractivity contribution in [2.45, 2.75) is 13.0 Å². The van der Waals surface area contributed by atoms with E-state index in [1.54, 1.807) is 17.4 Å². The number of thiazole rings is 1. The Labute approximate surface area is 112 Å². The molecule has 1 unspecified atom stereocenters. The van der Waals surface area contributed by atoms with E-state index < -0.39 is 0 Å². The summed E-state index contributed by atoms with van der Waals surface area (Å²) in [4.78, 5) is 4.46. The van der Waals surface area contributed by atoms with E-state index in [0.29, 0.717) is 0 Å². The lowest BCUT2D eigenvalue weighted by atomic mass is 10.1. The SMILES string of the molecule is CNC(c1nc(C)cs1)c1ccc(F)cc1Br. The third-order valence-electron chi connectivity index (χ3n) is 2.45. The van der Waals surface area contributed by atoms with Crippen LogP contribution in [-0.4, -0.2) is 12.0 Å². The van der Waals surface area contributed by atoms with E-state index in [-0.39, 0.29) is 11.9 Å². The quantitative estimate of drug-likeness (QED) is 0.935. The minimum atomic E-state index is -0.245. The minimum Gasteiger partial charge on any atom is -0.307 e. The Bertz CT molecular complexity index is 527. The van der Waals surface area contributed by atoms with Crippen LogP contribution >= 0.6 is 27.3 Å². The Kier molecular flexibility index (Phi) is 3.91. The predicted octanol–water partition coefficient (Wildman–Crippen LogP) is 3.66. The fraction of sp³-hybridized carbons (Fsp3) is 0.250. The highest BCUT2D eigenvalue weighted by Crippen LogP contribution is 2.30. The molecule has 2 aromatic rings. The fourth-order valence-corrected chi connectivity index (χ4v) is 3.15. The number of nitrogens with zero attached hydrogens (tertiary/aromatic N) is 1. The van der Waals surface area contributed by atoms with Crippen LogP contribution in [0, 0.1) is 12.7 Å². The number of rotatable bonds is 3. The monoisotopic (exact) mass is 314 g/mol. The van der Waals surface area contributed by atoms with Crippen molar-refractivity contribution in [1.82, 2.24) is 10.3 Å². The first-order valence-electron chi connectivity index (χ1n) is 5.16. The first-order chi connectivity index (χ1) is 8.11. The van der Waals surface area contributed by atoms with E-state index in [1.807, 2.05) is 19.4 Å². The molecule has 0 aliphatic heterocycles. The maximum atomic E-state index is 13.1. The molecule has 0 saturated heterocycles. The second-order valence-electron chi connectivity index (χ2n) is 3.71. The van der Waals surface area contributed by atoms with Crippen LogP contribution in [0.25, 0.3) is 0 Å². The summed E-state index contributed by atoms with van der Waals surface area (Å²) in [6.45, 7) is 1.96. The highest BCUT2D eigenvalue weighted by atomic mass is 79.9. The van der Waals surface area contributed by atoms with Crippen LogP contribution in [0.5, 0.6) is 0 Å². The maximum absolute atomic E-state index is 13.1. The Hall–Kier alpha value is -0.780. The Morgan fingerprint density at radius 3 is 2.76 bits per heavy atom. The number of aryl methyl sites for hydroxylation is 1. The van der Waals surface area contributed by atoms with Crippen molar-refractivity contribution in [1.29, 1.82) is 0 Å². The maximum Gasteiger partial charge on any atom is 0.124 e. The zero-order chi connectivity index (χ0) is 12.4. The molecule has 2 rings (SSSR count). The van der Waals surface area contributed by atoms with Gasteiger partial charge in [-0.15, -0.1) is 11.3 Å². The molecule has 0 aliphatic carbocycles. The van der Waals surface area contributed by atoms with Crippen molar-refractivity contribution >= 4 is 27.3 Å². The molecule has 5 heteroatoms. The molecule has 1 heterocycles. The highest BCUT2D eigenvalue weighted by Gasteiger charge is 2.18. The summed E-state index contributed by atoms with van der Waals surface area (Å²) >= 11 is 4.99. The van der Waals surface area contributed by atoms with Gasteiger partial charge in [-0.05, 0) is 31.7 Å². The third-order valence-corrected chi connectivity index (χ3v) is 4.16. The summed E-state index contributed by atoms with van der Waals surface area (Å²) in [5, 5.41) is 6.20. The molecule has 0 saturated carbocycles. The van der Waals surface area contributed by atoms with Gasteiger partial charge >= 0.3 is 0 Å². The van der Waals surface area contributed by atoms with Crippen LogP contribution in [0.3, 0.4) is 0 Å². The number of nitrogens with one attached hydrogen (secondary N) is 1. The van der Waals surface area contributed by atoms with Crippen LogP contribution < -0.4 is 5.32 Å². The van der Waals surface area contributed by atoms with Crippen molar-refractivity contribution in [2.24, 2.45) is 0 Å². The van der Waals surface area contributed by atoms with Crippen LogP contribution in [0.15, 0.2) is 28.1 Å². The summed E-state index contributed by atoms with van der Waals surface area (Å²) in [7, 11) is 1.87. The average Bonchev–Trinajstić information content (AvgIpc) is 2.69. The van der Waals surface area contributed by atoms with Gasteiger partial charge in [-0.3, -0.25) is 0 Å². The summed E-state index contributed by atoms with van der Waals surface area (Å²) in [5.74, 6) is -0.245. The van der Waals surface area contributed by atoms with Gasteiger partial charge < -0.3 is 5.32 Å². The summed E-state index contributed by atoms with van der Waals surface area (Å²) in [6, 6.07) is 4.70. The van der Waals surface area contributed by atoms with E-state index in [9.17, 15) is 4.39 Å². The van der Waals surface area contributed by atoms with Crippen molar-refractivity contribution in [3.63, 3.8) is 0 Å². The molecule has 17 heavy (non-hydrogen) atoms. The topological polar surface area (TPSA) is 24.9 Å². The van der Waals surface area contributed by atoms with Gasteiger partial charge in [0.1, 0.15) is 10.8 Å². The van der Waals surface area contributed by atoms with Gasteiger partial charge in [0.05, 0.1) is 6.04 Å². The molecule has 0 amide bonds. The molecular weight excluding hydrogens is 303 g/mol. The zero-order valence-corrected chi connectivity index (χ0v) is 11.9. The van der Waals surface area contributed by atoms with Gasteiger partial charge in [-0.1, -0.05) is 22.0 Å². The first-order valence-corrected chi connectivity index (χ1v) is 6.83. The van der Waals surface area contributed by atoms with Gasteiger partial charge in [0.15, 0.2) is 0 Å². The smallest absolute Gasteiger partial charge is 0.124 e. The van der Waals surface area contributed by atoms with Crippen molar-refractivity contribution in [2.75, 3.05) is 7.05 Å². The predicted molar refractivity (Wildman–Crippen MR) is 71.9 cm³/mol. The van der Waals surface area contributed by atoms with E-state index in [4.69, 9.17) is 0 Å². The second-order valence-corrected chi connectivity index (χ2v) is 5.46. The lowest BCUT2D eigenvalue weighted by Gasteiger charge is -2.15. The van der Waals surface area contributed by atoms with E-state index in [0.717, 1.165) is 20.7 Å². The van der Waals surface area contributed by atoms with Crippen LogP contribution in [-0.2, 0) is 0 Å². The number of benzene rings is 1. The Morgan fingerprint density at radius 1 is 1.47 bits per heavy atom. The Balaban J connectivity index is 2.42. The minimum absolute atomic E-state index is 0.0105. The molecule has 1 aromatic carbocycles. The molecule has 90 valence electrons. The molecule has 1 N–H and O–H groups in total. The summed E-state index contributed by atoms with van der Waals surface area (Å²) in [6.07, 6.45) is 0. The molecule has 0 bridgehead atoms. The van der Waals surface area contributed by atoms with Gasteiger partial charge in [0.25, 0.3) is 0 Å². The number of hydrogen-bond donors (Lipinski definition) is 1. The molecule has 1 atom stereocenters. The second kappa shape index (κ2) is 5.25. The fourth-order valence-electron chi connectivity index (χ4n) is 1.65. The summed E-state index contributed by atoms with van der Waals surface area (Å²) < 4.78 is 13.8. The molecule has 1 aromatic heterocycles. The van der Waals surface area contributed by atoms with Crippen molar-refractivity contribution in [3.8, 4) is 0 Å². The zero-order valence-electron chi connectivity index (χ0n) is 9.50. The Morgan fingerprint density at radius 2 is 2.24 bits per heavy atom. The number of halogens is 2. The van der Waals surface area contributed by atoms with E-state index in [2.05, 4.69) is 26.2 Å². The van der Waals surface area contributed by atoms with Crippen molar-refractivity contribution < 1.29 is 4.39 Å². The largest absolute Gasteiger partial charge is 0.307 e. The third kappa shape index (κ3) is 2.73. The van der Waals surface area contributed by atoms with Gasteiger partial charge in [0.2, 0.25) is 0 Å². The lowest BCUT2D eigenvalue weighted by molar-refractivity contribution is 0.621. The molecule has 2 nitrogen and oxygen atoms in total. The van der Waals surface area contributed by atoms with Gasteiger partial charge in [0, 0.05) is 15.5 Å². The molecule has 0 radical (unpaired) electrons. The number of hydrogen-bond acceptors (Lipinski definition) is 3. The average molecular weight is 315 g/mol. The van der Waals surface area contributed by atoms with Crippen LogP contribution in [0.1, 0.15) is 22.3 Å². The molecule has 0 fully saturated rings. The van der Waals surface area contributed by atoms with Gasteiger partial charge in [-0.25, -0.2) is 9.37 Å². The lowest BCUT2D eigenvalue weighted by Crippen LogP contribution is -2.18. The van der Waals surface area contributed by atoms with E-state index >= 15 is 0 Å². The molecule has 0 spiro atoms. The first kappa shape index (κ1) is 12.7. The van der Waals surface area contributed by atoms with Crippen LogP contribution in [0.2, 0.25) is 0 Å². The standard InChI is InChI=1S/C12H12BrFN2S/c1-7-6-17-12(16-7)11(15-2)9-4-3-8(14)5-10(9)13/h3-6,11,15H,1-2H3. The molecular formula is C12H12BrFN2S.